The second-order valence-corrected chi connectivity index (χ2v) is 6.99. The molecule has 2 aromatic rings. The van der Waals surface area contributed by atoms with E-state index in [1.807, 2.05) is 40.1 Å². The quantitative estimate of drug-likeness (QED) is 0.852. The van der Waals surface area contributed by atoms with Crippen LogP contribution < -0.4 is 0 Å². The van der Waals surface area contributed by atoms with Gasteiger partial charge in [-0.2, -0.15) is 11.8 Å². The zero-order valence-electron chi connectivity index (χ0n) is 11.1. The maximum absolute atomic E-state index is 12.4. The van der Waals surface area contributed by atoms with Crippen molar-refractivity contribution in [3.8, 4) is 0 Å². The third kappa shape index (κ3) is 3.04. The molecule has 0 aromatic carbocycles. The number of hydrogen-bond donors (Lipinski definition) is 0. The fourth-order valence-corrected chi connectivity index (χ4v) is 4.58. The van der Waals surface area contributed by atoms with Crippen molar-refractivity contribution in [2.45, 2.75) is 11.7 Å². The Hall–Kier alpha value is -1.33. The van der Waals surface area contributed by atoms with Crippen molar-refractivity contribution in [3.05, 3.63) is 52.5 Å². The van der Waals surface area contributed by atoms with Crippen LogP contribution >= 0.6 is 23.1 Å². The summed E-state index contributed by atoms with van der Waals surface area (Å²) in [4.78, 5) is 19.8. The minimum absolute atomic E-state index is 0.102. The fourth-order valence-electron chi connectivity index (χ4n) is 2.35. The number of pyridine rings is 1. The van der Waals surface area contributed by atoms with Crippen molar-refractivity contribution in [2.24, 2.45) is 0 Å². The van der Waals surface area contributed by atoms with Gasteiger partial charge in [0.25, 0.3) is 5.91 Å². The lowest BCUT2D eigenvalue weighted by Crippen LogP contribution is -2.33. The number of nitrogens with zero attached hydrogens (tertiary/aromatic N) is 2. The minimum Gasteiger partial charge on any atom is -0.338 e. The van der Waals surface area contributed by atoms with Gasteiger partial charge in [0.2, 0.25) is 0 Å². The lowest BCUT2D eigenvalue weighted by atomic mass is 10.2. The highest BCUT2D eigenvalue weighted by Crippen LogP contribution is 2.36. The van der Waals surface area contributed by atoms with Crippen molar-refractivity contribution in [2.75, 3.05) is 18.8 Å². The Bertz CT molecular complexity index is 557. The maximum Gasteiger partial charge on any atom is 0.255 e. The standard InChI is InChI=1S/C15H16N2OS2/c18-15(12-3-1-6-16-11-12)17-7-5-14(20-10-8-17)13-4-2-9-19-13/h1-4,6,9,11,14H,5,7-8,10H2. The van der Waals surface area contributed by atoms with E-state index in [-0.39, 0.29) is 5.91 Å². The highest BCUT2D eigenvalue weighted by atomic mass is 32.2. The van der Waals surface area contributed by atoms with Crippen LogP contribution in [0.25, 0.3) is 0 Å². The van der Waals surface area contributed by atoms with Gasteiger partial charge in [0.1, 0.15) is 0 Å². The highest BCUT2D eigenvalue weighted by Gasteiger charge is 2.23. The van der Waals surface area contributed by atoms with E-state index in [4.69, 9.17) is 0 Å². The van der Waals surface area contributed by atoms with E-state index < -0.39 is 0 Å². The van der Waals surface area contributed by atoms with Crippen molar-refractivity contribution >= 4 is 29.0 Å². The van der Waals surface area contributed by atoms with Crippen molar-refractivity contribution in [1.82, 2.24) is 9.88 Å². The van der Waals surface area contributed by atoms with Gasteiger partial charge in [-0.1, -0.05) is 6.07 Å². The molecule has 3 heterocycles. The molecule has 2 aromatic heterocycles. The van der Waals surface area contributed by atoms with Crippen LogP contribution in [-0.4, -0.2) is 34.6 Å². The van der Waals surface area contributed by atoms with Crippen LogP contribution in [0.15, 0.2) is 42.0 Å². The lowest BCUT2D eigenvalue weighted by molar-refractivity contribution is 0.0766. The van der Waals surface area contributed by atoms with E-state index in [1.54, 1.807) is 12.4 Å². The molecule has 1 aliphatic rings. The first-order valence-electron chi connectivity index (χ1n) is 6.69. The summed E-state index contributed by atoms with van der Waals surface area (Å²) in [6, 6.07) is 7.95. The number of hydrogen-bond acceptors (Lipinski definition) is 4. The molecule has 5 heteroatoms. The Labute approximate surface area is 127 Å². The SMILES string of the molecule is O=C(c1cccnc1)N1CCSC(c2cccs2)CC1. The van der Waals surface area contributed by atoms with Gasteiger partial charge in [0.15, 0.2) is 0 Å². The molecule has 1 amide bonds. The van der Waals surface area contributed by atoms with Gasteiger partial charge in [-0.25, -0.2) is 0 Å². The average Bonchev–Trinajstić information content (AvgIpc) is 2.92. The van der Waals surface area contributed by atoms with Crippen LogP contribution in [-0.2, 0) is 0 Å². The van der Waals surface area contributed by atoms with E-state index in [1.165, 1.54) is 4.88 Å². The summed E-state index contributed by atoms with van der Waals surface area (Å²) in [5.41, 5.74) is 0.687. The molecule has 3 nitrogen and oxygen atoms in total. The molecule has 1 atom stereocenters. The van der Waals surface area contributed by atoms with Gasteiger partial charge in [-0.3, -0.25) is 9.78 Å². The first-order chi connectivity index (χ1) is 9.84. The first kappa shape index (κ1) is 13.6. The fraction of sp³-hybridized carbons (Fsp3) is 0.333. The zero-order chi connectivity index (χ0) is 13.8. The monoisotopic (exact) mass is 304 g/mol. The molecular formula is C15H16N2OS2. The maximum atomic E-state index is 12.4. The topological polar surface area (TPSA) is 33.2 Å². The van der Waals surface area contributed by atoms with Crippen LogP contribution in [0.4, 0.5) is 0 Å². The van der Waals surface area contributed by atoms with Gasteiger partial charge >= 0.3 is 0 Å². The van der Waals surface area contributed by atoms with Crippen LogP contribution in [0.3, 0.4) is 0 Å². The number of aromatic nitrogens is 1. The van der Waals surface area contributed by atoms with Crippen LogP contribution in [0.5, 0.6) is 0 Å². The molecule has 0 N–H and O–H groups in total. The Balaban J connectivity index is 1.67. The van der Waals surface area contributed by atoms with Gasteiger partial charge < -0.3 is 4.90 Å². The Morgan fingerprint density at radius 1 is 1.30 bits per heavy atom. The summed E-state index contributed by atoms with van der Waals surface area (Å²) in [7, 11) is 0. The van der Waals surface area contributed by atoms with Gasteiger partial charge in [0.05, 0.1) is 5.56 Å². The number of carbonyl (C=O) groups is 1. The molecule has 0 spiro atoms. The molecular weight excluding hydrogens is 288 g/mol. The highest BCUT2D eigenvalue weighted by molar-refractivity contribution is 7.99. The van der Waals surface area contributed by atoms with E-state index in [0.717, 1.165) is 25.3 Å². The molecule has 3 rings (SSSR count). The Morgan fingerprint density at radius 2 is 2.25 bits per heavy atom. The van der Waals surface area contributed by atoms with Crippen LogP contribution in [0.1, 0.15) is 26.9 Å². The minimum atomic E-state index is 0.102. The number of thiophene rings is 1. The average molecular weight is 304 g/mol. The summed E-state index contributed by atoms with van der Waals surface area (Å²) >= 11 is 3.77. The van der Waals surface area contributed by atoms with E-state index in [0.29, 0.717) is 10.8 Å². The molecule has 20 heavy (non-hydrogen) atoms. The molecule has 0 aliphatic carbocycles. The molecule has 0 radical (unpaired) electrons. The van der Waals surface area contributed by atoms with Crippen LogP contribution in [0.2, 0.25) is 0 Å². The summed E-state index contributed by atoms with van der Waals surface area (Å²) in [6.07, 6.45) is 4.37. The predicted molar refractivity (Wildman–Crippen MR) is 84.3 cm³/mol. The molecule has 1 fully saturated rings. The smallest absolute Gasteiger partial charge is 0.255 e. The number of amides is 1. The van der Waals surface area contributed by atoms with E-state index in [2.05, 4.69) is 22.5 Å². The second kappa shape index (κ2) is 6.41. The summed E-state index contributed by atoms with van der Waals surface area (Å²) in [5, 5.41) is 2.65. The second-order valence-electron chi connectivity index (χ2n) is 4.70. The number of rotatable bonds is 2. The molecule has 0 saturated carbocycles. The Kier molecular flexibility index (Phi) is 4.38. The van der Waals surface area contributed by atoms with Crippen molar-refractivity contribution in [3.63, 3.8) is 0 Å². The number of carbonyl (C=O) groups excluding carboxylic acids is 1. The van der Waals surface area contributed by atoms with Crippen molar-refractivity contribution in [1.29, 1.82) is 0 Å². The molecule has 104 valence electrons. The molecule has 1 aliphatic heterocycles. The zero-order valence-corrected chi connectivity index (χ0v) is 12.7. The van der Waals surface area contributed by atoms with Gasteiger partial charge in [-0.15, -0.1) is 11.3 Å². The first-order valence-corrected chi connectivity index (χ1v) is 8.62. The predicted octanol–water partition coefficient (Wildman–Crippen LogP) is 3.46. The molecule has 0 bridgehead atoms. The Morgan fingerprint density at radius 3 is 3.00 bits per heavy atom. The van der Waals surface area contributed by atoms with E-state index >= 15 is 0 Å². The third-order valence-electron chi connectivity index (χ3n) is 3.40. The van der Waals surface area contributed by atoms with Crippen molar-refractivity contribution < 1.29 is 4.79 Å². The number of thioether (sulfide) groups is 1. The summed E-state index contributed by atoms with van der Waals surface area (Å²) in [6.45, 7) is 1.64. The summed E-state index contributed by atoms with van der Waals surface area (Å²) in [5.74, 6) is 1.10. The largest absolute Gasteiger partial charge is 0.338 e. The van der Waals surface area contributed by atoms with Crippen LogP contribution in [0, 0.1) is 0 Å². The lowest BCUT2D eigenvalue weighted by Gasteiger charge is -2.20. The summed E-state index contributed by atoms with van der Waals surface area (Å²) < 4.78 is 0. The van der Waals surface area contributed by atoms with E-state index in [9.17, 15) is 4.79 Å². The third-order valence-corrected chi connectivity index (χ3v) is 5.84. The van der Waals surface area contributed by atoms with Gasteiger partial charge in [0, 0.05) is 41.4 Å². The normalized spacial score (nSPS) is 19.6. The van der Waals surface area contributed by atoms with Gasteiger partial charge in [-0.05, 0) is 30.0 Å². The molecule has 1 unspecified atom stereocenters. The molecule has 1 saturated heterocycles.